The summed E-state index contributed by atoms with van der Waals surface area (Å²) in [4.78, 5) is 6.93. The first-order valence-corrected chi connectivity index (χ1v) is 7.24. The van der Waals surface area contributed by atoms with Crippen LogP contribution in [0.4, 0.5) is 0 Å². The Morgan fingerprint density at radius 2 is 1.95 bits per heavy atom. The van der Waals surface area contributed by atoms with Gasteiger partial charge in [0.15, 0.2) is 5.96 Å². The molecule has 4 heteroatoms. The Hall–Kier alpha value is -0.780. The Morgan fingerprint density at radius 1 is 1.30 bits per heavy atom. The van der Waals surface area contributed by atoms with Crippen LogP contribution in [-0.4, -0.2) is 31.0 Å². The zero-order chi connectivity index (χ0) is 13.7. The zero-order valence-electron chi connectivity index (χ0n) is 12.7. The molecule has 112 valence electrons. The van der Waals surface area contributed by atoms with E-state index in [9.17, 15) is 0 Å². The number of hydrogen-bond acceptors (Lipinski definition) is 1. The number of rotatable bonds is 5. The number of hydrogen-bond donors (Lipinski definition) is 1. The topological polar surface area (TPSA) is 27.6 Å². The predicted molar refractivity (Wildman–Crippen MR) is 96.8 cm³/mol. The van der Waals surface area contributed by atoms with Gasteiger partial charge in [0.05, 0.1) is 0 Å². The fraction of sp³-hybridized carbons (Fsp3) is 0.562. The second kappa shape index (κ2) is 8.49. The highest BCUT2D eigenvalue weighted by Gasteiger charge is 2.21. The van der Waals surface area contributed by atoms with Gasteiger partial charge in [-0.15, -0.1) is 24.0 Å². The second-order valence-electron chi connectivity index (χ2n) is 5.48. The Morgan fingerprint density at radius 3 is 2.50 bits per heavy atom. The van der Waals surface area contributed by atoms with Crippen LogP contribution in [0, 0.1) is 12.8 Å². The summed E-state index contributed by atoms with van der Waals surface area (Å²) in [6.45, 7) is 7.03. The van der Waals surface area contributed by atoms with Gasteiger partial charge in [-0.25, -0.2) is 0 Å². The fourth-order valence-corrected chi connectivity index (χ4v) is 2.03. The maximum atomic E-state index is 4.72. The molecule has 0 unspecified atom stereocenters. The molecule has 1 aromatic carbocycles. The summed E-state index contributed by atoms with van der Waals surface area (Å²) in [7, 11) is 2.11. The van der Waals surface area contributed by atoms with E-state index in [1.807, 2.05) is 0 Å². The average molecular weight is 387 g/mol. The summed E-state index contributed by atoms with van der Waals surface area (Å²) in [5.41, 5.74) is 2.63. The van der Waals surface area contributed by atoms with Gasteiger partial charge in [0.2, 0.25) is 0 Å². The molecule has 0 spiro atoms. The molecule has 0 heterocycles. The Kier molecular flexibility index (Phi) is 7.34. The van der Waals surface area contributed by atoms with Crippen LogP contribution < -0.4 is 5.32 Å². The standard InChI is InChI=1S/C16H25N3.HI/c1-4-17-16(18-11-14-9-10-14)19(3)12-15-7-5-13(2)6-8-15;/h5-8,14H,4,9-12H2,1-3H3,(H,17,18);1H. The summed E-state index contributed by atoms with van der Waals surface area (Å²) in [6, 6.07) is 8.71. The van der Waals surface area contributed by atoms with E-state index in [2.05, 4.69) is 55.4 Å². The zero-order valence-corrected chi connectivity index (χ0v) is 15.1. The van der Waals surface area contributed by atoms with Crippen LogP contribution in [-0.2, 0) is 6.54 Å². The van der Waals surface area contributed by atoms with Crippen molar-refractivity contribution in [3.63, 3.8) is 0 Å². The summed E-state index contributed by atoms with van der Waals surface area (Å²) in [5, 5.41) is 3.37. The van der Waals surface area contributed by atoms with Crippen molar-refractivity contribution in [1.82, 2.24) is 10.2 Å². The van der Waals surface area contributed by atoms with Gasteiger partial charge in [-0.3, -0.25) is 4.99 Å². The van der Waals surface area contributed by atoms with Crippen LogP contribution in [0.2, 0.25) is 0 Å². The van der Waals surface area contributed by atoms with Crippen molar-refractivity contribution in [2.24, 2.45) is 10.9 Å². The first-order valence-electron chi connectivity index (χ1n) is 7.24. The van der Waals surface area contributed by atoms with Gasteiger partial charge in [0, 0.05) is 26.7 Å². The van der Waals surface area contributed by atoms with E-state index < -0.39 is 0 Å². The lowest BCUT2D eigenvalue weighted by Gasteiger charge is -2.22. The molecule has 0 radical (unpaired) electrons. The summed E-state index contributed by atoms with van der Waals surface area (Å²) < 4.78 is 0. The third-order valence-corrected chi connectivity index (χ3v) is 3.43. The number of aryl methyl sites for hydroxylation is 1. The van der Waals surface area contributed by atoms with E-state index in [-0.39, 0.29) is 24.0 Å². The lowest BCUT2D eigenvalue weighted by molar-refractivity contribution is 0.476. The molecule has 0 bridgehead atoms. The number of benzene rings is 1. The van der Waals surface area contributed by atoms with Crippen molar-refractivity contribution >= 4 is 29.9 Å². The molecule has 1 saturated carbocycles. The fourth-order valence-electron chi connectivity index (χ4n) is 2.03. The van der Waals surface area contributed by atoms with Crippen LogP contribution in [0.25, 0.3) is 0 Å². The van der Waals surface area contributed by atoms with Crippen LogP contribution in [0.1, 0.15) is 30.9 Å². The van der Waals surface area contributed by atoms with Gasteiger partial charge in [-0.1, -0.05) is 29.8 Å². The molecule has 3 nitrogen and oxygen atoms in total. The van der Waals surface area contributed by atoms with Gasteiger partial charge in [-0.05, 0) is 38.2 Å². The molecule has 1 aliphatic carbocycles. The van der Waals surface area contributed by atoms with Crippen molar-refractivity contribution in [2.75, 3.05) is 20.1 Å². The monoisotopic (exact) mass is 387 g/mol. The second-order valence-corrected chi connectivity index (χ2v) is 5.48. The lowest BCUT2D eigenvalue weighted by Crippen LogP contribution is -2.38. The number of nitrogens with one attached hydrogen (secondary N) is 1. The number of aliphatic imine (C=N–C) groups is 1. The van der Waals surface area contributed by atoms with E-state index in [4.69, 9.17) is 4.99 Å². The van der Waals surface area contributed by atoms with Gasteiger partial charge >= 0.3 is 0 Å². The van der Waals surface area contributed by atoms with Gasteiger partial charge in [0.1, 0.15) is 0 Å². The van der Waals surface area contributed by atoms with E-state index in [0.717, 1.165) is 31.5 Å². The van der Waals surface area contributed by atoms with E-state index >= 15 is 0 Å². The highest BCUT2D eigenvalue weighted by Crippen LogP contribution is 2.28. The lowest BCUT2D eigenvalue weighted by atomic mass is 10.1. The first kappa shape index (κ1) is 17.3. The number of guanidine groups is 1. The highest BCUT2D eigenvalue weighted by atomic mass is 127. The van der Waals surface area contributed by atoms with E-state index in [1.165, 1.54) is 24.0 Å². The molecule has 0 atom stereocenters. The average Bonchev–Trinajstić information content (AvgIpc) is 3.21. The molecule has 0 amide bonds. The quantitative estimate of drug-likeness (QED) is 0.476. The SMILES string of the molecule is CCNC(=NCC1CC1)N(C)Cc1ccc(C)cc1.I. The van der Waals surface area contributed by atoms with Gasteiger partial charge < -0.3 is 10.2 Å². The normalized spacial score (nSPS) is 14.7. The largest absolute Gasteiger partial charge is 0.357 e. The molecule has 0 aromatic heterocycles. The molecule has 0 saturated heterocycles. The smallest absolute Gasteiger partial charge is 0.193 e. The van der Waals surface area contributed by atoms with Gasteiger partial charge in [-0.2, -0.15) is 0 Å². The molecule has 0 aliphatic heterocycles. The van der Waals surface area contributed by atoms with Crippen LogP contribution in [0.3, 0.4) is 0 Å². The maximum Gasteiger partial charge on any atom is 0.193 e. The third kappa shape index (κ3) is 5.69. The summed E-state index contributed by atoms with van der Waals surface area (Å²) in [5.74, 6) is 1.86. The molecule has 1 aromatic rings. The highest BCUT2D eigenvalue weighted by molar-refractivity contribution is 14.0. The minimum atomic E-state index is 0. The molecule has 2 rings (SSSR count). The molecule has 1 fully saturated rings. The predicted octanol–water partition coefficient (Wildman–Crippen LogP) is 3.42. The third-order valence-electron chi connectivity index (χ3n) is 3.43. The van der Waals surface area contributed by atoms with Crippen LogP contribution in [0.15, 0.2) is 29.3 Å². The molecule has 20 heavy (non-hydrogen) atoms. The van der Waals surface area contributed by atoms with Crippen LogP contribution >= 0.6 is 24.0 Å². The first-order chi connectivity index (χ1) is 9.19. The van der Waals surface area contributed by atoms with Crippen LogP contribution in [0.5, 0.6) is 0 Å². The minimum absolute atomic E-state index is 0. The minimum Gasteiger partial charge on any atom is -0.357 e. The number of nitrogens with zero attached hydrogens (tertiary/aromatic N) is 2. The van der Waals surface area contributed by atoms with Crippen molar-refractivity contribution < 1.29 is 0 Å². The van der Waals surface area contributed by atoms with E-state index in [0.29, 0.717) is 0 Å². The molecule has 1 aliphatic rings. The summed E-state index contributed by atoms with van der Waals surface area (Å²) >= 11 is 0. The maximum absolute atomic E-state index is 4.72. The van der Waals surface area contributed by atoms with Crippen molar-refractivity contribution in [1.29, 1.82) is 0 Å². The van der Waals surface area contributed by atoms with Crippen molar-refractivity contribution in [3.8, 4) is 0 Å². The molecular formula is C16H26IN3. The summed E-state index contributed by atoms with van der Waals surface area (Å²) in [6.07, 6.45) is 2.70. The Labute approximate surface area is 139 Å². The Bertz CT molecular complexity index is 424. The Balaban J connectivity index is 0.00000200. The molecular weight excluding hydrogens is 361 g/mol. The molecule has 1 N–H and O–H groups in total. The van der Waals surface area contributed by atoms with Crippen molar-refractivity contribution in [2.45, 2.75) is 33.2 Å². The van der Waals surface area contributed by atoms with Gasteiger partial charge in [0.25, 0.3) is 0 Å². The number of halogens is 1. The van der Waals surface area contributed by atoms with Crippen molar-refractivity contribution in [3.05, 3.63) is 35.4 Å². The van der Waals surface area contributed by atoms with E-state index in [1.54, 1.807) is 0 Å².